The summed E-state index contributed by atoms with van der Waals surface area (Å²) in [4.78, 5) is 24.9. The van der Waals surface area contributed by atoms with Crippen LogP contribution < -0.4 is 19.5 Å². The summed E-state index contributed by atoms with van der Waals surface area (Å²) in [6.07, 6.45) is -0.190. The number of ether oxygens (including phenoxy) is 4. The number of nitrogens with one attached hydrogen (secondary N) is 1. The van der Waals surface area contributed by atoms with Gasteiger partial charge in [0.2, 0.25) is 5.91 Å². The van der Waals surface area contributed by atoms with Gasteiger partial charge in [-0.1, -0.05) is 6.07 Å². The van der Waals surface area contributed by atoms with Crippen LogP contribution in [0.4, 0.5) is 4.39 Å². The summed E-state index contributed by atoms with van der Waals surface area (Å²) in [5, 5.41) is 2.68. The van der Waals surface area contributed by atoms with Gasteiger partial charge >= 0.3 is 5.97 Å². The number of halogens is 1. The molecule has 1 amide bonds. The number of rotatable bonds is 10. The fraction of sp³-hybridized carbons (Fsp3) is 0.364. The quantitative estimate of drug-likeness (QED) is 0.597. The average molecular weight is 419 g/mol. The monoisotopic (exact) mass is 419 g/mol. The highest BCUT2D eigenvalue weighted by molar-refractivity contribution is 5.82. The third kappa shape index (κ3) is 5.85. The second-order valence-electron chi connectivity index (χ2n) is 6.36. The molecule has 0 fully saturated rings. The Labute approximate surface area is 175 Å². The Kier molecular flexibility index (Phi) is 8.46. The lowest BCUT2D eigenvalue weighted by Gasteiger charge is -2.18. The van der Waals surface area contributed by atoms with Gasteiger partial charge in [0, 0.05) is 12.1 Å². The van der Waals surface area contributed by atoms with Crippen LogP contribution >= 0.6 is 0 Å². The van der Waals surface area contributed by atoms with E-state index in [1.807, 2.05) is 0 Å². The summed E-state index contributed by atoms with van der Waals surface area (Å²) in [6.45, 7) is 1.89. The topological polar surface area (TPSA) is 83.1 Å². The summed E-state index contributed by atoms with van der Waals surface area (Å²) in [6, 6.07) is 9.22. The van der Waals surface area contributed by atoms with Gasteiger partial charge in [-0.3, -0.25) is 9.59 Å². The highest BCUT2D eigenvalue weighted by Crippen LogP contribution is 2.31. The number of hydrogen-bond donors (Lipinski definition) is 1. The van der Waals surface area contributed by atoms with E-state index in [0.29, 0.717) is 22.8 Å². The lowest BCUT2D eigenvalue weighted by Crippen LogP contribution is -2.33. The summed E-state index contributed by atoms with van der Waals surface area (Å²) in [5.74, 6) is -0.768. The van der Waals surface area contributed by atoms with Crippen LogP contribution in [-0.4, -0.2) is 46.4 Å². The molecule has 0 radical (unpaired) electrons. The van der Waals surface area contributed by atoms with Crippen LogP contribution in [0.1, 0.15) is 24.0 Å². The van der Waals surface area contributed by atoms with Gasteiger partial charge in [-0.05, 0) is 42.8 Å². The lowest BCUT2D eigenvalue weighted by atomic mass is 9.98. The minimum Gasteiger partial charge on any atom is -0.497 e. The predicted octanol–water partition coefficient (Wildman–Crippen LogP) is 2.86. The highest BCUT2D eigenvalue weighted by atomic mass is 19.1. The number of methoxy groups -OCH3 is 3. The third-order valence-corrected chi connectivity index (χ3v) is 4.49. The maximum Gasteiger partial charge on any atom is 0.315 e. The van der Waals surface area contributed by atoms with Crippen molar-refractivity contribution in [3.8, 4) is 17.2 Å². The van der Waals surface area contributed by atoms with Crippen LogP contribution in [0.3, 0.4) is 0 Å². The fourth-order valence-corrected chi connectivity index (χ4v) is 2.91. The van der Waals surface area contributed by atoms with Crippen molar-refractivity contribution in [3.05, 3.63) is 53.3 Å². The molecule has 0 saturated heterocycles. The smallest absolute Gasteiger partial charge is 0.315 e. The Hall–Kier alpha value is -3.29. The predicted molar refractivity (Wildman–Crippen MR) is 109 cm³/mol. The molecule has 2 aromatic rings. The van der Waals surface area contributed by atoms with Crippen molar-refractivity contribution in [2.45, 2.75) is 19.3 Å². The van der Waals surface area contributed by atoms with E-state index >= 15 is 0 Å². The van der Waals surface area contributed by atoms with Crippen LogP contribution in [0.25, 0.3) is 0 Å². The molecule has 162 valence electrons. The van der Waals surface area contributed by atoms with Gasteiger partial charge in [0.25, 0.3) is 0 Å². The van der Waals surface area contributed by atoms with E-state index in [4.69, 9.17) is 18.9 Å². The summed E-state index contributed by atoms with van der Waals surface area (Å²) >= 11 is 0. The molecular weight excluding hydrogens is 393 g/mol. The van der Waals surface area contributed by atoms with Crippen molar-refractivity contribution in [2.75, 3.05) is 34.5 Å². The van der Waals surface area contributed by atoms with E-state index < -0.39 is 23.6 Å². The first-order chi connectivity index (χ1) is 14.4. The van der Waals surface area contributed by atoms with Crippen LogP contribution in [0.15, 0.2) is 36.4 Å². The molecule has 30 heavy (non-hydrogen) atoms. The lowest BCUT2D eigenvalue weighted by molar-refractivity contribution is -0.144. The maximum absolute atomic E-state index is 14.0. The Morgan fingerprint density at radius 1 is 1.00 bits per heavy atom. The first-order valence-corrected chi connectivity index (χ1v) is 9.41. The number of carbonyl (C=O) groups is 2. The molecule has 1 unspecified atom stereocenters. The van der Waals surface area contributed by atoms with Gasteiger partial charge in [-0.25, -0.2) is 4.39 Å². The molecule has 0 spiro atoms. The second-order valence-corrected chi connectivity index (χ2v) is 6.36. The van der Waals surface area contributed by atoms with Crippen LogP contribution in [-0.2, 0) is 20.7 Å². The molecule has 8 heteroatoms. The van der Waals surface area contributed by atoms with Gasteiger partial charge in [-0.15, -0.1) is 0 Å². The van der Waals surface area contributed by atoms with Crippen LogP contribution in [0.5, 0.6) is 17.2 Å². The van der Waals surface area contributed by atoms with E-state index in [9.17, 15) is 14.0 Å². The van der Waals surface area contributed by atoms with Crippen LogP contribution in [0.2, 0.25) is 0 Å². The molecule has 1 N–H and O–H groups in total. The van der Waals surface area contributed by atoms with Crippen molar-refractivity contribution >= 4 is 11.9 Å². The maximum atomic E-state index is 14.0. The van der Waals surface area contributed by atoms with E-state index in [0.717, 1.165) is 0 Å². The standard InChI is InChI=1S/C22H26FNO6/c1-5-30-22(26)17(14-6-9-19(28-3)20(11-14)29-4)13-24-21(25)12-15-10-16(27-2)7-8-18(15)23/h6-11,17H,5,12-13H2,1-4H3,(H,24,25). The molecular formula is C22H26FNO6. The van der Waals surface area contributed by atoms with Crippen molar-refractivity contribution in [1.29, 1.82) is 0 Å². The Morgan fingerprint density at radius 3 is 2.37 bits per heavy atom. The van der Waals surface area contributed by atoms with E-state index in [1.165, 1.54) is 39.5 Å². The highest BCUT2D eigenvalue weighted by Gasteiger charge is 2.24. The minimum atomic E-state index is -0.760. The fourth-order valence-electron chi connectivity index (χ4n) is 2.91. The largest absolute Gasteiger partial charge is 0.497 e. The Balaban J connectivity index is 2.15. The van der Waals surface area contributed by atoms with Crippen molar-refractivity contribution < 1.29 is 32.9 Å². The number of amides is 1. The van der Waals surface area contributed by atoms with Crippen molar-refractivity contribution in [3.63, 3.8) is 0 Å². The number of hydrogen-bond acceptors (Lipinski definition) is 6. The number of carbonyl (C=O) groups excluding carboxylic acids is 2. The van der Waals surface area contributed by atoms with Crippen molar-refractivity contribution in [2.24, 2.45) is 0 Å². The summed E-state index contributed by atoms with van der Waals surface area (Å²) in [5.41, 5.74) is 0.796. The molecule has 1 atom stereocenters. The average Bonchev–Trinajstić information content (AvgIpc) is 2.75. The number of esters is 1. The van der Waals surface area contributed by atoms with Gasteiger partial charge in [-0.2, -0.15) is 0 Å². The second kappa shape index (κ2) is 11.0. The molecule has 0 bridgehead atoms. The zero-order valence-electron chi connectivity index (χ0n) is 17.5. The van der Waals surface area contributed by atoms with Gasteiger partial charge < -0.3 is 24.3 Å². The molecule has 0 aliphatic rings. The molecule has 2 rings (SSSR count). The molecule has 7 nitrogen and oxygen atoms in total. The van der Waals surface area contributed by atoms with Crippen molar-refractivity contribution in [1.82, 2.24) is 5.32 Å². The molecule has 2 aromatic carbocycles. The van der Waals surface area contributed by atoms with Gasteiger partial charge in [0.15, 0.2) is 11.5 Å². The SMILES string of the molecule is CCOC(=O)C(CNC(=O)Cc1cc(OC)ccc1F)c1ccc(OC)c(OC)c1. The van der Waals surface area contributed by atoms with Crippen LogP contribution in [0, 0.1) is 5.82 Å². The molecule has 0 saturated carbocycles. The third-order valence-electron chi connectivity index (χ3n) is 4.49. The van der Waals surface area contributed by atoms with E-state index in [1.54, 1.807) is 25.1 Å². The zero-order valence-corrected chi connectivity index (χ0v) is 17.5. The molecule has 0 aliphatic carbocycles. The normalized spacial score (nSPS) is 11.4. The van der Waals surface area contributed by atoms with E-state index in [2.05, 4.69) is 5.32 Å². The van der Waals surface area contributed by atoms with Gasteiger partial charge in [0.05, 0.1) is 40.3 Å². The Morgan fingerprint density at radius 2 is 1.73 bits per heavy atom. The summed E-state index contributed by atoms with van der Waals surface area (Å²) < 4.78 is 34.7. The molecule has 0 aromatic heterocycles. The number of benzene rings is 2. The first-order valence-electron chi connectivity index (χ1n) is 9.41. The summed E-state index contributed by atoms with van der Waals surface area (Å²) in [7, 11) is 4.47. The van der Waals surface area contributed by atoms with Gasteiger partial charge in [0.1, 0.15) is 11.6 Å². The zero-order chi connectivity index (χ0) is 22.1. The minimum absolute atomic E-state index is 0.0151. The molecule has 0 aliphatic heterocycles. The molecule has 0 heterocycles. The Bertz CT molecular complexity index is 886. The first kappa shape index (κ1) is 23.0. The van der Waals surface area contributed by atoms with E-state index in [-0.39, 0.29) is 25.1 Å².